The fourth-order valence-corrected chi connectivity index (χ4v) is 5.53. The van der Waals surface area contributed by atoms with E-state index in [4.69, 9.17) is 17.0 Å². The number of hydrogen-bond donors (Lipinski definition) is 2. The lowest BCUT2D eigenvalue weighted by atomic mass is 9.94. The zero-order valence-corrected chi connectivity index (χ0v) is 20.9. The predicted molar refractivity (Wildman–Crippen MR) is 139 cm³/mol. The summed E-state index contributed by atoms with van der Waals surface area (Å²) in [4.78, 5) is 20.8. The van der Waals surface area contributed by atoms with Crippen molar-refractivity contribution >= 4 is 28.2 Å². The number of thiocarbonyl (C=S) groups is 1. The highest BCUT2D eigenvalue weighted by atomic mass is 32.1. The van der Waals surface area contributed by atoms with Crippen LogP contribution in [0.3, 0.4) is 0 Å². The monoisotopic (exact) mass is 470 g/mol. The molecule has 2 heterocycles. The molecule has 0 atom stereocenters. The Kier molecular flexibility index (Phi) is 8.39. The molecule has 6 nitrogen and oxygen atoms in total. The minimum atomic E-state index is -0.00891. The first kappa shape index (κ1) is 24.2. The number of hydrogen-bond acceptors (Lipinski definition) is 4. The molecule has 2 aliphatic rings. The van der Waals surface area contributed by atoms with Crippen LogP contribution in [0.1, 0.15) is 55.2 Å². The van der Waals surface area contributed by atoms with E-state index in [1.807, 2.05) is 0 Å². The SMILES string of the molecule is Cc1cc(C)c2[nH]c(=O)c(CN(C(=S)NCCCN3CCOCC3)C3CCCCC3)cc2c1. The molecular formula is C26H38N4O2S. The van der Waals surface area contributed by atoms with Crippen molar-refractivity contribution in [3.8, 4) is 0 Å². The van der Waals surface area contributed by atoms with Crippen LogP contribution in [0.25, 0.3) is 10.9 Å². The van der Waals surface area contributed by atoms with Crippen LogP contribution in [0.15, 0.2) is 23.0 Å². The van der Waals surface area contributed by atoms with Gasteiger partial charge in [0.25, 0.3) is 5.56 Å². The number of pyridine rings is 1. The first-order valence-corrected chi connectivity index (χ1v) is 12.9. The lowest BCUT2D eigenvalue weighted by Gasteiger charge is -2.36. The van der Waals surface area contributed by atoms with Crippen molar-refractivity contribution in [1.29, 1.82) is 0 Å². The third-order valence-corrected chi connectivity index (χ3v) is 7.40. The van der Waals surface area contributed by atoms with Crippen LogP contribution in [-0.4, -0.2) is 65.3 Å². The van der Waals surface area contributed by atoms with Gasteiger partial charge in [0.2, 0.25) is 0 Å². The highest BCUT2D eigenvalue weighted by Gasteiger charge is 2.24. The van der Waals surface area contributed by atoms with Gasteiger partial charge in [-0.3, -0.25) is 9.69 Å². The van der Waals surface area contributed by atoms with E-state index in [9.17, 15) is 4.79 Å². The van der Waals surface area contributed by atoms with Gasteiger partial charge in [-0.05, 0) is 75.0 Å². The second-order valence-electron chi connectivity index (χ2n) is 9.63. The Morgan fingerprint density at radius 3 is 2.70 bits per heavy atom. The second-order valence-corrected chi connectivity index (χ2v) is 10.0. The maximum atomic E-state index is 13.0. The molecule has 4 rings (SSSR count). The van der Waals surface area contributed by atoms with Gasteiger partial charge < -0.3 is 19.9 Å². The number of H-pyrrole nitrogens is 1. The Morgan fingerprint density at radius 1 is 1.18 bits per heavy atom. The van der Waals surface area contributed by atoms with Crippen molar-refractivity contribution in [3.05, 3.63) is 45.2 Å². The smallest absolute Gasteiger partial charge is 0.253 e. The quantitative estimate of drug-likeness (QED) is 0.473. The Hall–Kier alpha value is -1.96. The summed E-state index contributed by atoms with van der Waals surface area (Å²) in [5.74, 6) is 0. The maximum Gasteiger partial charge on any atom is 0.253 e. The lowest BCUT2D eigenvalue weighted by molar-refractivity contribution is 0.0375. The molecule has 180 valence electrons. The van der Waals surface area contributed by atoms with Crippen LogP contribution >= 0.6 is 12.2 Å². The molecule has 0 amide bonds. The Morgan fingerprint density at radius 2 is 1.94 bits per heavy atom. The molecule has 1 saturated heterocycles. The number of nitrogens with one attached hydrogen (secondary N) is 2. The topological polar surface area (TPSA) is 60.6 Å². The van der Waals surface area contributed by atoms with Crippen LogP contribution in [0, 0.1) is 13.8 Å². The average Bonchev–Trinajstić information content (AvgIpc) is 2.82. The number of nitrogens with zero attached hydrogens (tertiary/aromatic N) is 2. The molecule has 0 bridgehead atoms. The molecule has 1 aliphatic carbocycles. The van der Waals surface area contributed by atoms with E-state index in [1.165, 1.54) is 24.8 Å². The van der Waals surface area contributed by atoms with E-state index >= 15 is 0 Å². The van der Waals surface area contributed by atoms with Crippen LogP contribution in [0.2, 0.25) is 0 Å². The summed E-state index contributed by atoms with van der Waals surface area (Å²) in [6, 6.07) is 6.72. The predicted octanol–water partition coefficient (Wildman–Crippen LogP) is 3.88. The first-order chi connectivity index (χ1) is 16.0. The summed E-state index contributed by atoms with van der Waals surface area (Å²) in [5, 5.41) is 5.38. The van der Waals surface area contributed by atoms with Gasteiger partial charge >= 0.3 is 0 Å². The molecule has 0 radical (unpaired) electrons. The summed E-state index contributed by atoms with van der Waals surface area (Å²) in [6.07, 6.45) is 7.08. The van der Waals surface area contributed by atoms with Crippen molar-refractivity contribution < 1.29 is 4.74 Å². The van der Waals surface area contributed by atoms with Gasteiger partial charge in [0.1, 0.15) is 0 Å². The molecule has 33 heavy (non-hydrogen) atoms. The minimum absolute atomic E-state index is 0.00891. The molecule has 1 aromatic carbocycles. The van der Waals surface area contributed by atoms with Gasteiger partial charge in [-0.2, -0.15) is 0 Å². The normalized spacial score (nSPS) is 17.9. The number of benzene rings is 1. The van der Waals surface area contributed by atoms with Gasteiger partial charge in [0.15, 0.2) is 5.11 Å². The molecule has 0 unspecified atom stereocenters. The highest BCUT2D eigenvalue weighted by molar-refractivity contribution is 7.80. The van der Waals surface area contributed by atoms with Gasteiger partial charge in [0.05, 0.1) is 25.3 Å². The van der Waals surface area contributed by atoms with Gasteiger partial charge in [0, 0.05) is 31.2 Å². The summed E-state index contributed by atoms with van der Waals surface area (Å²) >= 11 is 5.87. The van der Waals surface area contributed by atoms with Crippen LogP contribution in [0.4, 0.5) is 0 Å². The zero-order valence-electron chi connectivity index (χ0n) is 20.1. The summed E-state index contributed by atoms with van der Waals surface area (Å²) in [5.41, 5.74) is 4.03. The number of rotatable bonds is 7. The van der Waals surface area contributed by atoms with Gasteiger partial charge in [-0.1, -0.05) is 30.9 Å². The van der Waals surface area contributed by atoms with Crippen LogP contribution in [-0.2, 0) is 11.3 Å². The Labute approximate surface area is 202 Å². The number of ether oxygens (including phenoxy) is 1. The van der Waals surface area contributed by atoms with Gasteiger partial charge in [-0.15, -0.1) is 0 Å². The van der Waals surface area contributed by atoms with Crippen molar-refractivity contribution in [2.24, 2.45) is 0 Å². The minimum Gasteiger partial charge on any atom is -0.379 e. The first-order valence-electron chi connectivity index (χ1n) is 12.5. The summed E-state index contributed by atoms with van der Waals surface area (Å²) in [7, 11) is 0. The molecule has 1 aromatic heterocycles. The van der Waals surface area contributed by atoms with E-state index in [0.717, 1.165) is 85.8 Å². The molecular weight excluding hydrogens is 432 g/mol. The lowest BCUT2D eigenvalue weighted by Crippen LogP contribution is -2.47. The largest absolute Gasteiger partial charge is 0.379 e. The van der Waals surface area contributed by atoms with Crippen LogP contribution in [0.5, 0.6) is 0 Å². The van der Waals surface area contributed by atoms with E-state index < -0.39 is 0 Å². The number of aromatic nitrogens is 1. The van der Waals surface area contributed by atoms with E-state index in [2.05, 4.69) is 52.1 Å². The van der Waals surface area contributed by atoms with Crippen LogP contribution < -0.4 is 10.9 Å². The van der Waals surface area contributed by atoms with E-state index in [1.54, 1.807) is 0 Å². The molecule has 7 heteroatoms. The van der Waals surface area contributed by atoms with E-state index in [0.29, 0.717) is 12.6 Å². The van der Waals surface area contributed by atoms with Crippen molar-refractivity contribution in [3.63, 3.8) is 0 Å². The molecule has 2 N–H and O–H groups in total. The molecule has 2 fully saturated rings. The third-order valence-electron chi connectivity index (χ3n) is 7.02. The molecule has 2 aromatic rings. The van der Waals surface area contributed by atoms with Gasteiger partial charge in [-0.25, -0.2) is 0 Å². The number of fused-ring (bicyclic) bond motifs is 1. The number of aryl methyl sites for hydroxylation is 2. The highest BCUT2D eigenvalue weighted by Crippen LogP contribution is 2.25. The van der Waals surface area contributed by atoms with E-state index in [-0.39, 0.29) is 5.56 Å². The molecule has 1 saturated carbocycles. The third kappa shape index (κ3) is 6.34. The second kappa shape index (κ2) is 11.4. The van der Waals surface area contributed by atoms with Crippen molar-refractivity contribution in [2.75, 3.05) is 39.4 Å². The summed E-state index contributed by atoms with van der Waals surface area (Å²) < 4.78 is 5.44. The number of aromatic amines is 1. The zero-order chi connectivity index (χ0) is 23.2. The Balaban J connectivity index is 1.45. The Bertz CT molecular complexity index is 1010. The standard InChI is InChI=1S/C26H38N4O2S/c1-19-15-20(2)24-21(16-19)17-22(25(31)28-24)18-30(23-7-4-3-5-8-23)26(33)27-9-6-10-29-11-13-32-14-12-29/h15-17,23H,3-14,18H2,1-2H3,(H,27,33)(H,28,31). The fourth-order valence-electron chi connectivity index (χ4n) is 5.22. The fraction of sp³-hybridized carbons (Fsp3) is 0.615. The number of morpholine rings is 1. The average molecular weight is 471 g/mol. The van der Waals surface area contributed by atoms with Crippen molar-refractivity contribution in [2.45, 2.75) is 65.0 Å². The molecule has 1 aliphatic heterocycles. The molecule has 0 spiro atoms. The van der Waals surface area contributed by atoms with Crippen molar-refractivity contribution in [1.82, 2.24) is 20.1 Å². The summed E-state index contributed by atoms with van der Waals surface area (Å²) in [6.45, 7) is 10.3. The maximum absolute atomic E-state index is 13.0.